The number of nitrogens with zero attached hydrogens (tertiary/aromatic N) is 2. The molecule has 2 atom stereocenters. The normalized spacial score (nSPS) is 22.2. The Morgan fingerprint density at radius 3 is 2.68 bits per heavy atom. The Morgan fingerprint density at radius 1 is 1.36 bits per heavy atom. The molecule has 1 aromatic rings. The number of hydrogen-bond acceptors (Lipinski definition) is 5. The van der Waals surface area contributed by atoms with E-state index in [2.05, 4.69) is 41.5 Å². The fourth-order valence-corrected chi connectivity index (χ4v) is 2.24. The summed E-state index contributed by atoms with van der Waals surface area (Å²) in [5, 5.41) is 7.00. The van der Waals surface area contributed by atoms with Gasteiger partial charge < -0.3 is 21.3 Å². The number of anilines is 1. The molecule has 0 amide bonds. The lowest BCUT2D eigenvalue weighted by atomic mass is 10.0. The van der Waals surface area contributed by atoms with Crippen molar-refractivity contribution < 1.29 is 0 Å². The molecule has 1 aliphatic rings. The van der Waals surface area contributed by atoms with Gasteiger partial charge in [-0.25, -0.2) is 4.99 Å². The first kappa shape index (κ1) is 16.8. The van der Waals surface area contributed by atoms with Gasteiger partial charge in [0.15, 0.2) is 0 Å². The van der Waals surface area contributed by atoms with Crippen LogP contribution in [0.2, 0.25) is 5.02 Å². The van der Waals surface area contributed by atoms with Gasteiger partial charge >= 0.3 is 0 Å². The number of nitrogens with one attached hydrogen (secondary N) is 2. The standard InChI is InChI=1S/C16H24ClN5/c1-12(22(2)3)8-9-16(18)10-11-19-15(21-16)20-14-6-4-13(17)5-7-14/h4-7,10-12H,8-9,18H2,1-3H3,(H2,19,20,21). The lowest BCUT2D eigenvalue weighted by molar-refractivity contribution is 0.278. The van der Waals surface area contributed by atoms with Crippen molar-refractivity contribution >= 4 is 23.2 Å². The third-order valence-electron chi connectivity index (χ3n) is 3.86. The van der Waals surface area contributed by atoms with E-state index in [1.165, 1.54) is 0 Å². The molecule has 120 valence electrons. The molecule has 4 N–H and O–H groups in total. The van der Waals surface area contributed by atoms with Crippen molar-refractivity contribution in [2.45, 2.75) is 31.5 Å². The third kappa shape index (κ3) is 4.73. The highest BCUT2D eigenvalue weighted by Crippen LogP contribution is 2.19. The Bertz CT molecular complexity index is 552. The molecule has 0 spiro atoms. The summed E-state index contributed by atoms with van der Waals surface area (Å²) >= 11 is 5.89. The van der Waals surface area contributed by atoms with E-state index < -0.39 is 5.66 Å². The van der Waals surface area contributed by atoms with Crippen molar-refractivity contribution in [2.75, 3.05) is 19.4 Å². The van der Waals surface area contributed by atoms with Gasteiger partial charge in [-0.2, -0.15) is 0 Å². The summed E-state index contributed by atoms with van der Waals surface area (Å²) in [7, 11) is 4.14. The summed E-state index contributed by atoms with van der Waals surface area (Å²) in [6.45, 7) is 2.19. The molecule has 2 rings (SSSR count). The van der Waals surface area contributed by atoms with Crippen molar-refractivity contribution in [2.24, 2.45) is 10.7 Å². The first-order chi connectivity index (χ1) is 10.4. The second-order valence-corrected chi connectivity index (χ2v) is 6.35. The SMILES string of the molecule is CC(CCC1(N)C=CNC(Nc2ccc(Cl)cc2)=N1)N(C)C. The maximum absolute atomic E-state index is 6.38. The largest absolute Gasteiger partial charge is 0.333 e. The van der Waals surface area contributed by atoms with Crippen LogP contribution < -0.4 is 16.4 Å². The molecular formula is C16H24ClN5. The minimum Gasteiger partial charge on any atom is -0.333 e. The van der Waals surface area contributed by atoms with Crippen LogP contribution in [-0.4, -0.2) is 36.7 Å². The molecule has 5 nitrogen and oxygen atoms in total. The Balaban J connectivity index is 2.00. The second kappa shape index (κ2) is 7.13. The molecule has 0 saturated heterocycles. The monoisotopic (exact) mass is 321 g/mol. The lowest BCUT2D eigenvalue weighted by Gasteiger charge is -2.29. The van der Waals surface area contributed by atoms with Gasteiger partial charge in [-0.05, 0) is 64.2 Å². The molecule has 0 bridgehead atoms. The predicted octanol–water partition coefficient (Wildman–Crippen LogP) is 2.61. The number of guanidine groups is 1. The highest BCUT2D eigenvalue weighted by Gasteiger charge is 2.25. The predicted molar refractivity (Wildman–Crippen MR) is 94.1 cm³/mol. The molecule has 0 fully saturated rings. The number of halogens is 1. The van der Waals surface area contributed by atoms with Gasteiger partial charge in [-0.1, -0.05) is 11.6 Å². The molecule has 0 aliphatic carbocycles. The van der Waals surface area contributed by atoms with Gasteiger partial charge in [0, 0.05) is 23.0 Å². The first-order valence-corrected chi connectivity index (χ1v) is 7.78. The molecule has 2 unspecified atom stereocenters. The van der Waals surface area contributed by atoms with Crippen LogP contribution in [0.3, 0.4) is 0 Å². The molecule has 6 heteroatoms. The zero-order chi connectivity index (χ0) is 16.2. The topological polar surface area (TPSA) is 65.7 Å². The van der Waals surface area contributed by atoms with Crippen molar-refractivity contribution in [1.29, 1.82) is 0 Å². The molecule has 1 aromatic carbocycles. The van der Waals surface area contributed by atoms with E-state index in [0.717, 1.165) is 18.5 Å². The van der Waals surface area contributed by atoms with Crippen LogP contribution in [0.15, 0.2) is 41.5 Å². The molecule has 0 saturated carbocycles. The second-order valence-electron chi connectivity index (χ2n) is 5.91. The van der Waals surface area contributed by atoms with Gasteiger partial charge in [0.1, 0.15) is 5.66 Å². The number of rotatable bonds is 5. The van der Waals surface area contributed by atoms with E-state index in [0.29, 0.717) is 17.0 Å². The van der Waals surface area contributed by atoms with Crippen LogP contribution in [0.1, 0.15) is 19.8 Å². The van der Waals surface area contributed by atoms with Gasteiger partial charge in [-0.15, -0.1) is 0 Å². The maximum atomic E-state index is 6.38. The number of aliphatic imine (C=N–C) groups is 1. The number of benzene rings is 1. The van der Waals surface area contributed by atoms with Crippen LogP contribution in [0.4, 0.5) is 5.69 Å². The van der Waals surface area contributed by atoms with Crippen molar-refractivity contribution in [1.82, 2.24) is 10.2 Å². The molecule has 0 aromatic heterocycles. The van der Waals surface area contributed by atoms with E-state index in [1.807, 2.05) is 36.5 Å². The minimum absolute atomic E-state index is 0.464. The highest BCUT2D eigenvalue weighted by molar-refractivity contribution is 6.30. The van der Waals surface area contributed by atoms with Gasteiger partial charge in [0.05, 0.1) is 0 Å². The highest BCUT2D eigenvalue weighted by atomic mass is 35.5. The molecule has 22 heavy (non-hydrogen) atoms. The Hall–Kier alpha value is -1.56. The zero-order valence-corrected chi connectivity index (χ0v) is 14.1. The van der Waals surface area contributed by atoms with Crippen LogP contribution in [0.25, 0.3) is 0 Å². The van der Waals surface area contributed by atoms with Crippen LogP contribution in [0.5, 0.6) is 0 Å². The van der Waals surface area contributed by atoms with Crippen molar-refractivity contribution in [3.05, 3.63) is 41.6 Å². The summed E-state index contributed by atoms with van der Waals surface area (Å²) in [5.41, 5.74) is 6.62. The minimum atomic E-state index is -0.676. The average Bonchev–Trinajstić information content (AvgIpc) is 2.47. The molecule has 1 aliphatic heterocycles. The van der Waals surface area contributed by atoms with Crippen LogP contribution in [-0.2, 0) is 0 Å². The van der Waals surface area contributed by atoms with E-state index >= 15 is 0 Å². The maximum Gasteiger partial charge on any atom is 0.202 e. The average molecular weight is 322 g/mol. The molecule has 1 heterocycles. The Kier molecular flexibility index (Phi) is 5.45. The van der Waals surface area contributed by atoms with E-state index in [-0.39, 0.29) is 0 Å². The number of nitrogens with two attached hydrogens (primary N) is 1. The molecule has 0 radical (unpaired) electrons. The Morgan fingerprint density at radius 2 is 2.05 bits per heavy atom. The van der Waals surface area contributed by atoms with Crippen molar-refractivity contribution in [3.8, 4) is 0 Å². The van der Waals surface area contributed by atoms with E-state index in [1.54, 1.807) is 0 Å². The fraction of sp³-hybridized carbons (Fsp3) is 0.438. The summed E-state index contributed by atoms with van der Waals surface area (Å²) < 4.78 is 0. The zero-order valence-electron chi connectivity index (χ0n) is 13.3. The fourth-order valence-electron chi connectivity index (χ4n) is 2.11. The Labute approximate surface area is 137 Å². The third-order valence-corrected chi connectivity index (χ3v) is 4.12. The van der Waals surface area contributed by atoms with E-state index in [4.69, 9.17) is 17.3 Å². The number of hydrogen-bond donors (Lipinski definition) is 3. The quantitative estimate of drug-likeness (QED) is 0.780. The first-order valence-electron chi connectivity index (χ1n) is 7.40. The van der Waals surface area contributed by atoms with E-state index in [9.17, 15) is 0 Å². The van der Waals surface area contributed by atoms with Crippen LogP contribution >= 0.6 is 11.6 Å². The van der Waals surface area contributed by atoms with Crippen LogP contribution in [0, 0.1) is 0 Å². The smallest absolute Gasteiger partial charge is 0.202 e. The summed E-state index contributed by atoms with van der Waals surface area (Å²) in [5.74, 6) is 0.643. The van der Waals surface area contributed by atoms with Gasteiger partial charge in [0.2, 0.25) is 5.96 Å². The lowest BCUT2D eigenvalue weighted by Crippen LogP contribution is -2.44. The van der Waals surface area contributed by atoms with Gasteiger partial charge in [-0.3, -0.25) is 0 Å². The summed E-state index contributed by atoms with van der Waals surface area (Å²) in [4.78, 5) is 6.78. The molecular weight excluding hydrogens is 298 g/mol. The summed E-state index contributed by atoms with van der Waals surface area (Å²) in [6, 6.07) is 7.93. The van der Waals surface area contributed by atoms with Gasteiger partial charge in [0.25, 0.3) is 0 Å². The summed E-state index contributed by atoms with van der Waals surface area (Å²) in [6.07, 6.45) is 5.51. The van der Waals surface area contributed by atoms with Crippen molar-refractivity contribution in [3.63, 3.8) is 0 Å².